The minimum absolute atomic E-state index is 0.0918. The van der Waals surface area contributed by atoms with E-state index in [1.54, 1.807) is 78.9 Å². The van der Waals surface area contributed by atoms with Crippen LogP contribution in [0.4, 0.5) is 0 Å². The van der Waals surface area contributed by atoms with Crippen molar-refractivity contribution in [1.82, 2.24) is 4.98 Å². The quantitative estimate of drug-likeness (QED) is 0.367. The number of ketones is 1. The lowest BCUT2D eigenvalue weighted by Crippen LogP contribution is -2.21. The predicted molar refractivity (Wildman–Crippen MR) is 115 cm³/mol. The highest BCUT2D eigenvalue weighted by molar-refractivity contribution is 6.30. The molecule has 0 aliphatic rings. The second-order valence-corrected chi connectivity index (χ2v) is 7.10. The second kappa shape index (κ2) is 8.35. The number of H-pyrrole nitrogens is 1. The van der Waals surface area contributed by atoms with Crippen LogP contribution in [0.1, 0.15) is 32.4 Å². The van der Waals surface area contributed by atoms with E-state index < -0.39 is 17.6 Å². The van der Waals surface area contributed by atoms with Gasteiger partial charge < -0.3 is 9.72 Å². The zero-order valence-electron chi connectivity index (χ0n) is 15.7. The number of rotatable bonds is 5. The zero-order chi connectivity index (χ0) is 21.1. The van der Waals surface area contributed by atoms with Crippen LogP contribution >= 0.6 is 11.6 Å². The van der Waals surface area contributed by atoms with Gasteiger partial charge in [0.05, 0.1) is 5.56 Å². The van der Waals surface area contributed by atoms with E-state index in [1.807, 2.05) is 0 Å². The molecule has 4 aromatic rings. The third-order valence-electron chi connectivity index (χ3n) is 4.66. The number of halogens is 1. The average Bonchev–Trinajstić information content (AvgIpc) is 2.77. The van der Waals surface area contributed by atoms with Gasteiger partial charge >= 0.3 is 5.97 Å². The number of nitrogens with one attached hydrogen (secondary N) is 1. The first-order chi connectivity index (χ1) is 14.5. The molecule has 0 saturated heterocycles. The maximum absolute atomic E-state index is 13.1. The number of aromatic amines is 1. The summed E-state index contributed by atoms with van der Waals surface area (Å²) >= 11 is 5.97. The number of ether oxygens (including phenoxy) is 1. The fourth-order valence-electron chi connectivity index (χ4n) is 3.21. The van der Waals surface area contributed by atoms with Gasteiger partial charge in [0.25, 0.3) is 0 Å². The van der Waals surface area contributed by atoms with Crippen LogP contribution < -0.4 is 5.56 Å². The molecule has 4 rings (SSSR count). The summed E-state index contributed by atoms with van der Waals surface area (Å²) in [5, 5.41) is 1.03. The molecule has 1 aromatic heterocycles. The normalized spacial score (nSPS) is 11.8. The van der Waals surface area contributed by atoms with E-state index in [-0.39, 0.29) is 11.3 Å². The van der Waals surface area contributed by atoms with Crippen molar-refractivity contribution in [2.24, 2.45) is 0 Å². The van der Waals surface area contributed by atoms with Crippen molar-refractivity contribution < 1.29 is 14.3 Å². The predicted octanol–water partition coefficient (Wildman–Crippen LogP) is 4.96. The summed E-state index contributed by atoms with van der Waals surface area (Å²) < 4.78 is 5.66. The smallest absolute Gasteiger partial charge is 0.340 e. The van der Waals surface area contributed by atoms with Gasteiger partial charge in [-0.15, -0.1) is 0 Å². The molecule has 1 heterocycles. The molecule has 0 unspecified atom stereocenters. The molecule has 0 spiro atoms. The van der Waals surface area contributed by atoms with Crippen molar-refractivity contribution in [2.75, 3.05) is 0 Å². The lowest BCUT2D eigenvalue weighted by Gasteiger charge is -2.18. The molecule has 1 N–H and O–H groups in total. The molecule has 1 atom stereocenters. The van der Waals surface area contributed by atoms with Crippen LogP contribution in [0.2, 0.25) is 5.02 Å². The monoisotopic (exact) mass is 417 g/mol. The highest BCUT2D eigenvalue weighted by atomic mass is 35.5. The molecule has 0 saturated carbocycles. The Bertz CT molecular complexity index is 1280. The summed E-state index contributed by atoms with van der Waals surface area (Å²) in [5.41, 5.74) is 1.05. The summed E-state index contributed by atoms with van der Waals surface area (Å²) in [6.45, 7) is 0. The van der Waals surface area contributed by atoms with Gasteiger partial charge in [-0.3, -0.25) is 9.59 Å². The van der Waals surface area contributed by atoms with Gasteiger partial charge in [-0.1, -0.05) is 72.3 Å². The summed E-state index contributed by atoms with van der Waals surface area (Å²) in [6.07, 6.45) is -1.18. The third kappa shape index (κ3) is 4.02. The number of hydrogen-bond acceptors (Lipinski definition) is 4. The first-order valence-electron chi connectivity index (χ1n) is 9.21. The van der Waals surface area contributed by atoms with Crippen LogP contribution in [-0.4, -0.2) is 16.7 Å². The Kier molecular flexibility index (Phi) is 5.46. The van der Waals surface area contributed by atoms with E-state index in [1.165, 1.54) is 6.07 Å². The average molecular weight is 418 g/mol. The molecule has 0 fully saturated rings. The Labute approximate surface area is 176 Å². The molecule has 30 heavy (non-hydrogen) atoms. The number of hydrogen-bond donors (Lipinski definition) is 1. The maximum atomic E-state index is 13.1. The largest absolute Gasteiger partial charge is 0.445 e. The van der Waals surface area contributed by atoms with Gasteiger partial charge in [-0.05, 0) is 18.2 Å². The SMILES string of the molecule is O=C(O[C@@H](C(=O)c1ccccc1)c1ccc(Cl)cc1)c1cc(=O)[nH]c2ccccc12. The van der Waals surface area contributed by atoms with Gasteiger partial charge in [0.15, 0.2) is 6.10 Å². The molecule has 148 valence electrons. The topological polar surface area (TPSA) is 76.2 Å². The Hall–Kier alpha value is -3.70. The Morgan fingerprint density at radius 3 is 2.27 bits per heavy atom. The Morgan fingerprint density at radius 1 is 0.867 bits per heavy atom. The summed E-state index contributed by atoms with van der Waals surface area (Å²) in [4.78, 5) is 40.9. The lowest BCUT2D eigenvalue weighted by atomic mass is 9.99. The van der Waals surface area contributed by atoms with Crippen molar-refractivity contribution in [1.29, 1.82) is 0 Å². The number of pyridine rings is 1. The lowest BCUT2D eigenvalue weighted by molar-refractivity contribution is 0.0282. The number of para-hydroxylation sites is 1. The number of Topliss-reactive ketones (excluding diaryl/α,β-unsaturated/α-hetero) is 1. The van der Waals surface area contributed by atoms with Gasteiger partial charge in [0.1, 0.15) is 0 Å². The fourth-order valence-corrected chi connectivity index (χ4v) is 3.33. The number of esters is 1. The zero-order valence-corrected chi connectivity index (χ0v) is 16.4. The van der Waals surface area contributed by atoms with Crippen molar-refractivity contribution >= 4 is 34.3 Å². The van der Waals surface area contributed by atoms with E-state index >= 15 is 0 Å². The van der Waals surface area contributed by atoms with Crippen LogP contribution in [0.5, 0.6) is 0 Å². The molecule has 5 nitrogen and oxygen atoms in total. The summed E-state index contributed by atoms with van der Waals surface area (Å²) in [6, 6.07) is 23.2. The van der Waals surface area contributed by atoms with Crippen molar-refractivity contribution in [2.45, 2.75) is 6.10 Å². The number of carbonyl (C=O) groups excluding carboxylic acids is 2. The van der Waals surface area contributed by atoms with Crippen LogP contribution in [0.3, 0.4) is 0 Å². The van der Waals surface area contributed by atoms with Crippen LogP contribution in [-0.2, 0) is 4.74 Å². The summed E-state index contributed by atoms with van der Waals surface area (Å²) in [5.74, 6) is -1.14. The van der Waals surface area contributed by atoms with Gasteiger partial charge in [-0.2, -0.15) is 0 Å². The standard InChI is InChI=1S/C24H16ClNO4/c25-17-12-10-16(11-13-17)23(22(28)15-6-2-1-3-7-15)30-24(29)19-14-21(27)26-20-9-5-4-8-18(19)20/h1-14,23H,(H,26,27)/t23-/m1/s1. The highest BCUT2D eigenvalue weighted by Crippen LogP contribution is 2.26. The minimum Gasteiger partial charge on any atom is -0.445 e. The van der Waals surface area contributed by atoms with Crippen molar-refractivity contribution in [3.8, 4) is 0 Å². The molecular weight excluding hydrogens is 402 g/mol. The minimum atomic E-state index is -1.18. The number of carbonyl (C=O) groups is 2. The van der Waals surface area contributed by atoms with Gasteiger partial charge in [-0.25, -0.2) is 4.79 Å². The van der Waals surface area contributed by atoms with Crippen LogP contribution in [0, 0.1) is 0 Å². The van der Waals surface area contributed by atoms with Crippen LogP contribution in [0.25, 0.3) is 10.9 Å². The van der Waals surface area contributed by atoms with E-state index in [9.17, 15) is 14.4 Å². The van der Waals surface area contributed by atoms with E-state index in [4.69, 9.17) is 16.3 Å². The van der Waals surface area contributed by atoms with Gasteiger partial charge in [0, 0.05) is 33.1 Å². The highest BCUT2D eigenvalue weighted by Gasteiger charge is 2.27. The molecule has 0 aliphatic carbocycles. The molecule has 0 bridgehead atoms. The van der Waals surface area contributed by atoms with E-state index in [0.29, 0.717) is 27.1 Å². The molecule has 0 aliphatic heterocycles. The summed E-state index contributed by atoms with van der Waals surface area (Å²) in [7, 11) is 0. The molecule has 3 aromatic carbocycles. The number of benzene rings is 3. The molecular formula is C24H16ClNO4. The van der Waals surface area contributed by atoms with Crippen LogP contribution in [0.15, 0.2) is 89.7 Å². The number of aromatic nitrogens is 1. The van der Waals surface area contributed by atoms with E-state index in [0.717, 1.165) is 0 Å². The van der Waals surface area contributed by atoms with Gasteiger partial charge in [0.2, 0.25) is 11.3 Å². The number of fused-ring (bicyclic) bond motifs is 1. The molecule has 6 heteroatoms. The second-order valence-electron chi connectivity index (χ2n) is 6.66. The van der Waals surface area contributed by atoms with E-state index in [2.05, 4.69) is 4.98 Å². The van der Waals surface area contributed by atoms with Crippen molar-refractivity contribution in [3.63, 3.8) is 0 Å². The van der Waals surface area contributed by atoms with Crippen molar-refractivity contribution in [3.05, 3.63) is 117 Å². The first kappa shape index (κ1) is 19.6. The Morgan fingerprint density at radius 2 is 1.53 bits per heavy atom. The third-order valence-corrected chi connectivity index (χ3v) is 4.92. The fraction of sp³-hybridized carbons (Fsp3) is 0.0417. The first-order valence-corrected chi connectivity index (χ1v) is 9.58. The molecule has 0 radical (unpaired) electrons. The molecule has 0 amide bonds. The maximum Gasteiger partial charge on any atom is 0.340 e. The Balaban J connectivity index is 1.75.